The molecule has 29 heavy (non-hydrogen) atoms. The number of ether oxygens (including phenoxy) is 1. The molecule has 1 N–H and O–H groups in total. The van der Waals surface area contributed by atoms with Gasteiger partial charge in [0.05, 0.1) is 12.6 Å². The van der Waals surface area contributed by atoms with Crippen molar-refractivity contribution in [1.29, 1.82) is 0 Å². The molecule has 5 rings (SSSR count). The second kappa shape index (κ2) is 8.27. The van der Waals surface area contributed by atoms with Crippen molar-refractivity contribution in [3.63, 3.8) is 0 Å². The summed E-state index contributed by atoms with van der Waals surface area (Å²) in [5.74, 6) is 2.39. The van der Waals surface area contributed by atoms with Gasteiger partial charge in [0.1, 0.15) is 5.75 Å². The molecule has 4 aliphatic rings. The summed E-state index contributed by atoms with van der Waals surface area (Å²) in [6, 6.07) is 9.45. The maximum atomic E-state index is 5.91. The molecule has 0 radical (unpaired) electrons. The molecule has 0 spiro atoms. The number of piperidine rings is 3. The molecule has 3 fully saturated rings. The van der Waals surface area contributed by atoms with Crippen LogP contribution in [0.5, 0.6) is 5.75 Å². The molecule has 1 aromatic carbocycles. The second-order valence-electron chi connectivity index (χ2n) is 9.09. The standard InChI is InChI=1S/C24H33N3OS/c1-2-28-21-10-8-20(9-11-21)25-24(29)27-13-5-6-17-14-18-15-19(23(17)27)16-26-12-4-3-7-22(18)26/h8-11,14,18-19,22-23H,2-7,12-13,15-16H2,1H3,(H,25,29). The summed E-state index contributed by atoms with van der Waals surface area (Å²) < 4.78 is 5.56. The first-order valence-electron chi connectivity index (χ1n) is 11.5. The monoisotopic (exact) mass is 411 g/mol. The third-order valence-corrected chi connectivity index (χ3v) is 7.67. The number of anilines is 1. The van der Waals surface area contributed by atoms with E-state index < -0.39 is 0 Å². The van der Waals surface area contributed by atoms with Crippen molar-refractivity contribution in [2.45, 2.75) is 57.5 Å². The van der Waals surface area contributed by atoms with E-state index >= 15 is 0 Å². The predicted molar refractivity (Wildman–Crippen MR) is 122 cm³/mol. The van der Waals surface area contributed by atoms with Gasteiger partial charge in [0.2, 0.25) is 0 Å². The Morgan fingerprint density at radius 3 is 2.86 bits per heavy atom. The molecule has 3 aliphatic heterocycles. The highest BCUT2D eigenvalue weighted by molar-refractivity contribution is 7.80. The zero-order valence-corrected chi connectivity index (χ0v) is 18.3. The van der Waals surface area contributed by atoms with Crippen LogP contribution in [0.1, 0.15) is 45.4 Å². The lowest BCUT2D eigenvalue weighted by Crippen LogP contribution is -2.60. The van der Waals surface area contributed by atoms with Crippen LogP contribution in [0.2, 0.25) is 0 Å². The van der Waals surface area contributed by atoms with Gasteiger partial charge in [-0.15, -0.1) is 0 Å². The molecule has 3 saturated heterocycles. The van der Waals surface area contributed by atoms with Crippen LogP contribution in [0.4, 0.5) is 5.69 Å². The summed E-state index contributed by atoms with van der Waals surface area (Å²) in [5.41, 5.74) is 2.71. The third kappa shape index (κ3) is 3.79. The Morgan fingerprint density at radius 1 is 1.17 bits per heavy atom. The van der Waals surface area contributed by atoms with E-state index in [9.17, 15) is 0 Å². The van der Waals surface area contributed by atoms with Crippen molar-refractivity contribution in [3.8, 4) is 5.75 Å². The molecule has 1 aromatic rings. The van der Waals surface area contributed by atoms with Gasteiger partial charge in [-0.2, -0.15) is 0 Å². The van der Waals surface area contributed by atoms with Crippen LogP contribution in [0.15, 0.2) is 35.9 Å². The van der Waals surface area contributed by atoms with Crippen molar-refractivity contribution in [3.05, 3.63) is 35.9 Å². The summed E-state index contributed by atoms with van der Waals surface area (Å²) in [6.07, 6.45) is 10.7. The quantitative estimate of drug-likeness (QED) is 0.576. The zero-order valence-electron chi connectivity index (χ0n) is 17.5. The minimum atomic E-state index is 0.491. The first kappa shape index (κ1) is 19.4. The highest BCUT2D eigenvalue weighted by Crippen LogP contribution is 2.45. The van der Waals surface area contributed by atoms with Gasteiger partial charge in [0, 0.05) is 24.8 Å². The van der Waals surface area contributed by atoms with Crippen LogP contribution in [0.25, 0.3) is 0 Å². The lowest BCUT2D eigenvalue weighted by Gasteiger charge is -2.55. The number of rotatable bonds is 3. The Labute approximate surface area is 180 Å². The number of hydrogen-bond donors (Lipinski definition) is 1. The van der Waals surface area contributed by atoms with E-state index in [1.165, 1.54) is 51.6 Å². The summed E-state index contributed by atoms with van der Waals surface area (Å²) in [7, 11) is 0. The molecular weight excluding hydrogens is 378 g/mol. The molecule has 1 aliphatic carbocycles. The van der Waals surface area contributed by atoms with E-state index in [-0.39, 0.29) is 0 Å². The average molecular weight is 412 g/mol. The SMILES string of the molecule is CCOc1ccc(NC(=S)N2CCCC3=CC4CC(CN5CCCCC45)C32)cc1. The maximum Gasteiger partial charge on any atom is 0.173 e. The van der Waals surface area contributed by atoms with Crippen LogP contribution in [0.3, 0.4) is 0 Å². The smallest absolute Gasteiger partial charge is 0.173 e. The number of nitrogens with zero attached hydrogens (tertiary/aromatic N) is 2. The van der Waals surface area contributed by atoms with Gasteiger partial charge in [-0.05, 0) is 93.9 Å². The average Bonchev–Trinajstić information content (AvgIpc) is 2.75. The van der Waals surface area contributed by atoms with E-state index in [1.54, 1.807) is 5.57 Å². The van der Waals surface area contributed by atoms with Crippen molar-refractivity contribution in [2.75, 3.05) is 31.6 Å². The summed E-state index contributed by atoms with van der Waals surface area (Å²) in [6.45, 7) is 6.31. The van der Waals surface area contributed by atoms with Gasteiger partial charge < -0.3 is 15.0 Å². The number of likely N-dealkylation sites (tertiary alicyclic amines) is 1. The van der Waals surface area contributed by atoms with Crippen molar-refractivity contribution in [1.82, 2.24) is 9.80 Å². The second-order valence-corrected chi connectivity index (χ2v) is 9.48. The van der Waals surface area contributed by atoms with E-state index in [4.69, 9.17) is 17.0 Å². The minimum Gasteiger partial charge on any atom is -0.494 e. The first-order chi connectivity index (χ1) is 14.2. The topological polar surface area (TPSA) is 27.7 Å². The van der Waals surface area contributed by atoms with Crippen LogP contribution in [-0.2, 0) is 0 Å². The van der Waals surface area contributed by atoms with Crippen LogP contribution < -0.4 is 10.1 Å². The van der Waals surface area contributed by atoms with Crippen molar-refractivity contribution >= 4 is 23.0 Å². The Balaban J connectivity index is 1.33. The van der Waals surface area contributed by atoms with Gasteiger partial charge in [-0.25, -0.2) is 0 Å². The van der Waals surface area contributed by atoms with Crippen molar-refractivity contribution < 1.29 is 4.74 Å². The van der Waals surface area contributed by atoms with Gasteiger partial charge >= 0.3 is 0 Å². The van der Waals surface area contributed by atoms with E-state index in [2.05, 4.69) is 33.3 Å². The predicted octanol–water partition coefficient (Wildman–Crippen LogP) is 4.68. The Kier molecular flexibility index (Phi) is 5.53. The Hall–Kier alpha value is -1.59. The number of hydrogen-bond acceptors (Lipinski definition) is 3. The number of thiocarbonyl (C=S) groups is 1. The molecule has 156 valence electrons. The van der Waals surface area contributed by atoms with Gasteiger partial charge in [0.15, 0.2) is 5.11 Å². The molecule has 4 unspecified atom stereocenters. The fourth-order valence-electron chi connectivity index (χ4n) is 6.20. The number of benzene rings is 1. The van der Waals surface area contributed by atoms with Crippen LogP contribution in [-0.4, -0.2) is 53.2 Å². The third-order valence-electron chi connectivity index (χ3n) is 7.33. The Morgan fingerprint density at radius 2 is 2.03 bits per heavy atom. The molecule has 4 atom stereocenters. The fraction of sp³-hybridized carbons (Fsp3) is 0.625. The number of fused-ring (bicyclic) bond motifs is 6. The van der Waals surface area contributed by atoms with Crippen molar-refractivity contribution in [2.24, 2.45) is 11.8 Å². The summed E-state index contributed by atoms with van der Waals surface area (Å²) in [5, 5.41) is 4.38. The molecular formula is C24H33N3OS. The first-order valence-corrected chi connectivity index (χ1v) is 11.9. The van der Waals surface area contributed by atoms with Gasteiger partial charge in [-0.3, -0.25) is 4.90 Å². The largest absolute Gasteiger partial charge is 0.494 e. The van der Waals surface area contributed by atoms with E-state index in [1.807, 2.05) is 19.1 Å². The van der Waals surface area contributed by atoms with E-state index in [0.717, 1.165) is 41.0 Å². The molecule has 0 amide bonds. The van der Waals surface area contributed by atoms with E-state index in [0.29, 0.717) is 12.6 Å². The molecule has 4 nitrogen and oxygen atoms in total. The molecule has 5 heteroatoms. The van der Waals surface area contributed by atoms with Gasteiger partial charge in [-0.1, -0.05) is 18.1 Å². The molecule has 3 heterocycles. The zero-order chi connectivity index (χ0) is 19.8. The lowest BCUT2D eigenvalue weighted by molar-refractivity contribution is 0.0132. The normalized spacial score (nSPS) is 31.3. The number of nitrogens with one attached hydrogen (secondary N) is 1. The highest BCUT2D eigenvalue weighted by atomic mass is 32.1. The Bertz CT molecular complexity index is 777. The summed E-state index contributed by atoms with van der Waals surface area (Å²) >= 11 is 5.91. The lowest BCUT2D eigenvalue weighted by atomic mass is 9.68. The maximum absolute atomic E-state index is 5.91. The fourth-order valence-corrected chi connectivity index (χ4v) is 6.52. The van der Waals surface area contributed by atoms with Crippen LogP contribution in [0, 0.1) is 11.8 Å². The van der Waals surface area contributed by atoms with Crippen LogP contribution >= 0.6 is 12.2 Å². The molecule has 0 saturated carbocycles. The highest BCUT2D eigenvalue weighted by Gasteiger charge is 2.46. The summed E-state index contributed by atoms with van der Waals surface area (Å²) in [4.78, 5) is 5.29. The minimum absolute atomic E-state index is 0.491. The molecule has 2 bridgehead atoms. The molecule has 0 aromatic heterocycles. The van der Waals surface area contributed by atoms with Gasteiger partial charge in [0.25, 0.3) is 0 Å².